The quantitative estimate of drug-likeness (QED) is 0.830. The molecule has 1 amide bonds. The van der Waals surface area contributed by atoms with Crippen LogP contribution in [0.2, 0.25) is 0 Å². The normalized spacial score (nSPS) is 15.8. The highest BCUT2D eigenvalue weighted by Gasteiger charge is 2.32. The highest BCUT2D eigenvalue weighted by atomic mass is 32.2. The Labute approximate surface area is 135 Å². The summed E-state index contributed by atoms with van der Waals surface area (Å²) in [6.45, 7) is 2.52. The van der Waals surface area contributed by atoms with Crippen molar-refractivity contribution < 1.29 is 23.1 Å². The molecule has 1 saturated heterocycles. The third-order valence-electron chi connectivity index (χ3n) is 3.79. The third kappa shape index (κ3) is 4.08. The second kappa shape index (κ2) is 7.10. The van der Waals surface area contributed by atoms with E-state index in [2.05, 4.69) is 0 Å². The molecule has 1 aromatic carbocycles. The molecule has 126 valence electrons. The molecule has 0 aromatic heterocycles. The zero-order valence-electron chi connectivity index (χ0n) is 12.9. The Bertz CT molecular complexity index is 684. The zero-order valence-corrected chi connectivity index (χ0v) is 13.8. The van der Waals surface area contributed by atoms with Gasteiger partial charge in [0, 0.05) is 25.9 Å². The average Bonchev–Trinajstić information content (AvgIpc) is 3.03. The summed E-state index contributed by atoms with van der Waals surface area (Å²) in [5.74, 6) is -0.953. The molecule has 0 saturated carbocycles. The van der Waals surface area contributed by atoms with Crippen LogP contribution < -0.4 is 0 Å². The monoisotopic (exact) mass is 340 g/mol. The van der Waals surface area contributed by atoms with Crippen LogP contribution in [-0.4, -0.2) is 54.4 Å². The van der Waals surface area contributed by atoms with Gasteiger partial charge in [-0.25, -0.2) is 8.42 Å². The summed E-state index contributed by atoms with van der Waals surface area (Å²) in [7, 11) is -3.64. The van der Waals surface area contributed by atoms with E-state index in [1.807, 2.05) is 0 Å². The van der Waals surface area contributed by atoms with Crippen LogP contribution in [0, 0.1) is 0 Å². The number of sulfonamides is 1. The molecule has 8 heteroatoms. The number of hydrogen-bond donors (Lipinski definition) is 1. The predicted molar refractivity (Wildman–Crippen MR) is 83.2 cm³/mol. The SMILES string of the molecule is CCC(=O)N1CCN(S(=O)(=O)c2ccc(CCC(=O)O)cc2)C1. The Morgan fingerprint density at radius 2 is 1.83 bits per heavy atom. The number of carboxylic acid groups (broad SMARTS) is 1. The van der Waals surface area contributed by atoms with Crippen molar-refractivity contribution in [2.75, 3.05) is 19.8 Å². The van der Waals surface area contributed by atoms with Gasteiger partial charge < -0.3 is 10.0 Å². The Balaban J connectivity index is 2.08. The van der Waals surface area contributed by atoms with Crippen molar-refractivity contribution in [3.8, 4) is 0 Å². The maximum Gasteiger partial charge on any atom is 0.303 e. The second-order valence-corrected chi connectivity index (χ2v) is 7.31. The molecule has 1 N–H and O–H groups in total. The van der Waals surface area contributed by atoms with Gasteiger partial charge in [-0.1, -0.05) is 19.1 Å². The molecule has 1 aliphatic heterocycles. The van der Waals surface area contributed by atoms with Crippen LogP contribution in [0.1, 0.15) is 25.3 Å². The molecule has 0 aliphatic carbocycles. The third-order valence-corrected chi connectivity index (χ3v) is 5.64. The van der Waals surface area contributed by atoms with Gasteiger partial charge in [-0.3, -0.25) is 9.59 Å². The number of nitrogens with zero attached hydrogens (tertiary/aromatic N) is 2. The summed E-state index contributed by atoms with van der Waals surface area (Å²) in [5, 5.41) is 8.66. The molecule has 0 bridgehead atoms. The van der Waals surface area contributed by atoms with Crippen LogP contribution in [0.5, 0.6) is 0 Å². The fourth-order valence-electron chi connectivity index (χ4n) is 2.42. The lowest BCUT2D eigenvalue weighted by atomic mass is 10.1. The van der Waals surface area contributed by atoms with Crippen molar-refractivity contribution in [1.82, 2.24) is 9.21 Å². The highest BCUT2D eigenvalue weighted by molar-refractivity contribution is 7.89. The van der Waals surface area contributed by atoms with Gasteiger partial charge in [0.25, 0.3) is 0 Å². The number of hydrogen-bond acceptors (Lipinski definition) is 4. The molecule has 23 heavy (non-hydrogen) atoms. The first-order chi connectivity index (χ1) is 10.8. The Kier molecular flexibility index (Phi) is 5.38. The highest BCUT2D eigenvalue weighted by Crippen LogP contribution is 2.20. The number of aliphatic carboxylic acids is 1. The van der Waals surface area contributed by atoms with Crippen LogP contribution in [0.15, 0.2) is 29.2 Å². The number of carboxylic acids is 1. The number of benzene rings is 1. The minimum atomic E-state index is -3.64. The molecule has 0 radical (unpaired) electrons. The molecule has 1 aromatic rings. The van der Waals surface area contributed by atoms with Gasteiger partial charge >= 0.3 is 5.97 Å². The summed E-state index contributed by atoms with van der Waals surface area (Å²) in [6, 6.07) is 6.22. The van der Waals surface area contributed by atoms with Crippen LogP contribution in [0.25, 0.3) is 0 Å². The summed E-state index contributed by atoms with van der Waals surface area (Å²) in [5.41, 5.74) is 0.774. The van der Waals surface area contributed by atoms with Crippen molar-refractivity contribution in [2.24, 2.45) is 0 Å². The molecule has 2 rings (SSSR count). The van der Waals surface area contributed by atoms with E-state index in [9.17, 15) is 18.0 Å². The number of carbonyl (C=O) groups is 2. The minimum Gasteiger partial charge on any atom is -0.481 e. The van der Waals surface area contributed by atoms with Gasteiger partial charge in [0.05, 0.1) is 11.6 Å². The number of carbonyl (C=O) groups excluding carboxylic acids is 1. The molecule has 1 fully saturated rings. The van der Waals surface area contributed by atoms with Gasteiger partial charge in [-0.15, -0.1) is 0 Å². The van der Waals surface area contributed by atoms with Crippen LogP contribution in [0.3, 0.4) is 0 Å². The number of amides is 1. The number of aryl methyl sites for hydroxylation is 1. The maximum absolute atomic E-state index is 12.6. The molecule has 1 aliphatic rings. The van der Waals surface area contributed by atoms with Gasteiger partial charge in [-0.05, 0) is 24.1 Å². The Morgan fingerprint density at radius 3 is 2.39 bits per heavy atom. The van der Waals surface area contributed by atoms with E-state index in [0.29, 0.717) is 19.4 Å². The summed E-state index contributed by atoms with van der Waals surface area (Å²) in [4.78, 5) is 23.9. The largest absolute Gasteiger partial charge is 0.481 e. The average molecular weight is 340 g/mol. The van der Waals surface area contributed by atoms with Crippen molar-refractivity contribution >= 4 is 21.9 Å². The molecule has 1 heterocycles. The van der Waals surface area contributed by atoms with Gasteiger partial charge in [-0.2, -0.15) is 4.31 Å². The number of rotatable bonds is 6. The van der Waals surface area contributed by atoms with Crippen molar-refractivity contribution in [3.63, 3.8) is 0 Å². The summed E-state index contributed by atoms with van der Waals surface area (Å²) >= 11 is 0. The first kappa shape index (κ1) is 17.4. The van der Waals surface area contributed by atoms with Crippen LogP contribution in [-0.2, 0) is 26.0 Å². The van der Waals surface area contributed by atoms with Crippen molar-refractivity contribution in [3.05, 3.63) is 29.8 Å². The fraction of sp³-hybridized carbons (Fsp3) is 0.467. The van der Waals surface area contributed by atoms with E-state index in [0.717, 1.165) is 5.56 Å². The van der Waals surface area contributed by atoms with E-state index < -0.39 is 16.0 Å². The van der Waals surface area contributed by atoms with Gasteiger partial charge in [0.1, 0.15) is 0 Å². The lowest BCUT2D eigenvalue weighted by molar-refractivity contribution is -0.137. The minimum absolute atomic E-state index is 0.00626. The summed E-state index contributed by atoms with van der Waals surface area (Å²) < 4.78 is 26.4. The standard InChI is InChI=1S/C15H20N2O5S/c1-2-14(18)16-9-10-17(11-16)23(21,22)13-6-3-12(4-7-13)5-8-15(19)20/h3-4,6-7H,2,5,8-11H2,1H3,(H,19,20). The lowest BCUT2D eigenvalue weighted by Gasteiger charge is -2.18. The van der Waals surface area contributed by atoms with E-state index in [1.54, 1.807) is 19.1 Å². The van der Waals surface area contributed by atoms with Gasteiger partial charge in [0.2, 0.25) is 15.9 Å². The topological polar surface area (TPSA) is 95.0 Å². The first-order valence-electron chi connectivity index (χ1n) is 7.43. The molecular formula is C15H20N2O5S. The lowest BCUT2D eigenvalue weighted by Crippen LogP contribution is -2.33. The van der Waals surface area contributed by atoms with E-state index in [-0.39, 0.29) is 30.4 Å². The zero-order chi connectivity index (χ0) is 17.0. The van der Waals surface area contributed by atoms with Crippen LogP contribution >= 0.6 is 0 Å². The van der Waals surface area contributed by atoms with E-state index in [1.165, 1.54) is 21.3 Å². The molecule has 0 atom stereocenters. The summed E-state index contributed by atoms with van der Waals surface area (Å²) in [6.07, 6.45) is 0.719. The van der Waals surface area contributed by atoms with E-state index >= 15 is 0 Å². The van der Waals surface area contributed by atoms with Crippen molar-refractivity contribution in [1.29, 1.82) is 0 Å². The van der Waals surface area contributed by atoms with Gasteiger partial charge in [0.15, 0.2) is 0 Å². The van der Waals surface area contributed by atoms with E-state index in [4.69, 9.17) is 5.11 Å². The molecular weight excluding hydrogens is 320 g/mol. The Morgan fingerprint density at radius 1 is 1.17 bits per heavy atom. The molecule has 0 spiro atoms. The predicted octanol–water partition coefficient (Wildman–Crippen LogP) is 0.904. The maximum atomic E-state index is 12.6. The second-order valence-electron chi connectivity index (χ2n) is 5.37. The smallest absolute Gasteiger partial charge is 0.303 e. The van der Waals surface area contributed by atoms with Crippen molar-refractivity contribution in [2.45, 2.75) is 31.1 Å². The molecule has 0 unspecified atom stereocenters. The first-order valence-corrected chi connectivity index (χ1v) is 8.87. The molecule has 7 nitrogen and oxygen atoms in total. The fourth-order valence-corrected chi connectivity index (χ4v) is 3.81. The van der Waals surface area contributed by atoms with Crippen LogP contribution in [0.4, 0.5) is 0 Å². The Hall–Kier alpha value is -1.93.